The van der Waals surface area contributed by atoms with Gasteiger partial charge in [0, 0.05) is 24.5 Å². The molecular weight excluding hydrogens is 324 g/mol. The Morgan fingerprint density at radius 2 is 1.58 bits per heavy atom. The standard InChI is InChI=1S/C17H24N4O2S/c1-4-21(5-2)16-10-7-14(8-11-16)19-15-9-12-17(18-13-15)20-24(22,23)6-3/h7-13,19H,4-6H2,1-3H3,(H,18,20). The molecule has 1 aromatic heterocycles. The van der Waals surface area contributed by atoms with Crippen molar-refractivity contribution in [2.45, 2.75) is 20.8 Å². The second kappa shape index (κ2) is 8.01. The van der Waals surface area contributed by atoms with Gasteiger partial charge in [-0.25, -0.2) is 13.4 Å². The van der Waals surface area contributed by atoms with E-state index in [9.17, 15) is 8.42 Å². The Balaban J connectivity index is 2.03. The molecule has 0 fully saturated rings. The maximum atomic E-state index is 11.5. The number of rotatable bonds is 8. The van der Waals surface area contributed by atoms with Crippen LogP contribution < -0.4 is 14.9 Å². The van der Waals surface area contributed by atoms with Gasteiger partial charge in [-0.2, -0.15) is 0 Å². The van der Waals surface area contributed by atoms with Crippen LogP contribution in [-0.4, -0.2) is 32.2 Å². The molecule has 1 aromatic carbocycles. The first-order chi connectivity index (χ1) is 11.5. The highest BCUT2D eigenvalue weighted by molar-refractivity contribution is 7.92. The smallest absolute Gasteiger partial charge is 0.233 e. The number of sulfonamides is 1. The first-order valence-corrected chi connectivity index (χ1v) is 9.71. The minimum Gasteiger partial charge on any atom is -0.372 e. The number of benzene rings is 1. The van der Waals surface area contributed by atoms with Gasteiger partial charge in [-0.1, -0.05) is 0 Å². The Morgan fingerprint density at radius 3 is 2.08 bits per heavy atom. The third-order valence-corrected chi connectivity index (χ3v) is 4.97. The van der Waals surface area contributed by atoms with E-state index >= 15 is 0 Å². The zero-order chi connectivity index (χ0) is 17.6. The molecule has 0 unspecified atom stereocenters. The van der Waals surface area contributed by atoms with Crippen molar-refractivity contribution in [1.29, 1.82) is 0 Å². The molecule has 0 saturated heterocycles. The molecule has 1 heterocycles. The Hall–Kier alpha value is -2.28. The number of pyridine rings is 1. The monoisotopic (exact) mass is 348 g/mol. The van der Waals surface area contributed by atoms with Crippen LogP contribution in [0.3, 0.4) is 0 Å². The topological polar surface area (TPSA) is 74.3 Å². The Morgan fingerprint density at radius 1 is 0.958 bits per heavy atom. The quantitative estimate of drug-likeness (QED) is 0.764. The summed E-state index contributed by atoms with van der Waals surface area (Å²) in [6.07, 6.45) is 1.60. The molecule has 0 amide bonds. The summed E-state index contributed by atoms with van der Waals surface area (Å²) in [7, 11) is -3.30. The molecule has 2 N–H and O–H groups in total. The van der Waals surface area contributed by atoms with Gasteiger partial charge in [-0.3, -0.25) is 4.72 Å². The molecule has 2 rings (SSSR count). The predicted octanol–water partition coefficient (Wildman–Crippen LogP) is 3.43. The van der Waals surface area contributed by atoms with Crippen LogP contribution >= 0.6 is 0 Å². The van der Waals surface area contributed by atoms with Crippen molar-refractivity contribution in [3.8, 4) is 0 Å². The summed E-state index contributed by atoms with van der Waals surface area (Å²) in [5, 5.41) is 3.25. The molecule has 7 heteroatoms. The van der Waals surface area contributed by atoms with E-state index in [0.29, 0.717) is 5.82 Å². The van der Waals surface area contributed by atoms with Gasteiger partial charge in [0.15, 0.2) is 0 Å². The van der Waals surface area contributed by atoms with Crippen molar-refractivity contribution < 1.29 is 8.42 Å². The maximum absolute atomic E-state index is 11.5. The van der Waals surface area contributed by atoms with Gasteiger partial charge in [-0.05, 0) is 57.2 Å². The summed E-state index contributed by atoms with van der Waals surface area (Å²) in [5.41, 5.74) is 2.94. The van der Waals surface area contributed by atoms with Crippen LogP contribution in [0.2, 0.25) is 0 Å². The molecule has 0 radical (unpaired) electrons. The number of nitrogens with zero attached hydrogens (tertiary/aromatic N) is 2. The fourth-order valence-corrected chi connectivity index (χ4v) is 2.85. The first kappa shape index (κ1) is 18.1. The van der Waals surface area contributed by atoms with E-state index in [-0.39, 0.29) is 5.75 Å². The number of hydrogen-bond donors (Lipinski definition) is 2. The Labute approximate surface area is 144 Å². The van der Waals surface area contributed by atoms with Crippen LogP contribution in [-0.2, 0) is 10.0 Å². The largest absolute Gasteiger partial charge is 0.372 e. The third kappa shape index (κ3) is 4.86. The molecule has 130 valence electrons. The van der Waals surface area contributed by atoms with E-state index in [2.05, 4.69) is 45.9 Å². The molecule has 0 saturated carbocycles. The first-order valence-electron chi connectivity index (χ1n) is 8.06. The Bertz CT molecular complexity index is 739. The summed E-state index contributed by atoms with van der Waals surface area (Å²) in [6.45, 7) is 7.80. The predicted molar refractivity (Wildman–Crippen MR) is 101 cm³/mol. The highest BCUT2D eigenvalue weighted by Crippen LogP contribution is 2.21. The lowest BCUT2D eigenvalue weighted by Crippen LogP contribution is -2.21. The van der Waals surface area contributed by atoms with E-state index in [0.717, 1.165) is 24.5 Å². The van der Waals surface area contributed by atoms with Gasteiger partial charge in [0.25, 0.3) is 0 Å². The molecule has 2 aromatic rings. The summed E-state index contributed by atoms with van der Waals surface area (Å²) >= 11 is 0. The van der Waals surface area contributed by atoms with Crippen molar-refractivity contribution in [2.24, 2.45) is 0 Å². The van der Waals surface area contributed by atoms with Gasteiger partial charge in [0.2, 0.25) is 10.0 Å². The minimum absolute atomic E-state index is 0.0214. The second-order valence-electron chi connectivity index (χ2n) is 5.28. The lowest BCUT2D eigenvalue weighted by molar-refractivity contribution is 0.602. The van der Waals surface area contributed by atoms with Gasteiger partial charge in [-0.15, -0.1) is 0 Å². The minimum atomic E-state index is -3.30. The van der Waals surface area contributed by atoms with Gasteiger partial charge in [0.05, 0.1) is 17.6 Å². The van der Waals surface area contributed by atoms with E-state index in [4.69, 9.17) is 0 Å². The lowest BCUT2D eigenvalue weighted by atomic mass is 10.2. The number of hydrogen-bond acceptors (Lipinski definition) is 5. The number of nitrogens with one attached hydrogen (secondary N) is 2. The molecule has 24 heavy (non-hydrogen) atoms. The lowest BCUT2D eigenvalue weighted by Gasteiger charge is -2.21. The fraction of sp³-hybridized carbons (Fsp3) is 0.353. The molecular formula is C17H24N4O2S. The molecule has 0 spiro atoms. The fourth-order valence-electron chi connectivity index (χ4n) is 2.27. The summed E-state index contributed by atoms with van der Waals surface area (Å²) in [6, 6.07) is 11.6. The average molecular weight is 348 g/mol. The van der Waals surface area contributed by atoms with Crippen molar-refractivity contribution in [1.82, 2.24) is 4.98 Å². The second-order valence-corrected chi connectivity index (χ2v) is 7.29. The maximum Gasteiger partial charge on any atom is 0.233 e. The molecule has 0 aliphatic rings. The summed E-state index contributed by atoms with van der Waals surface area (Å²) < 4.78 is 25.4. The van der Waals surface area contributed by atoms with E-state index in [1.54, 1.807) is 25.3 Å². The van der Waals surface area contributed by atoms with Crippen molar-refractivity contribution in [3.05, 3.63) is 42.6 Å². The molecule has 0 aliphatic carbocycles. The van der Waals surface area contributed by atoms with Crippen LogP contribution in [0.15, 0.2) is 42.6 Å². The van der Waals surface area contributed by atoms with E-state index < -0.39 is 10.0 Å². The van der Waals surface area contributed by atoms with Gasteiger partial charge >= 0.3 is 0 Å². The van der Waals surface area contributed by atoms with Crippen molar-refractivity contribution >= 4 is 32.9 Å². The summed E-state index contributed by atoms with van der Waals surface area (Å²) in [4.78, 5) is 6.40. The zero-order valence-corrected chi connectivity index (χ0v) is 15.1. The van der Waals surface area contributed by atoms with Crippen molar-refractivity contribution in [2.75, 3.05) is 33.8 Å². The van der Waals surface area contributed by atoms with Crippen LogP contribution in [0.5, 0.6) is 0 Å². The van der Waals surface area contributed by atoms with E-state index in [1.807, 2.05) is 12.1 Å². The number of aromatic nitrogens is 1. The van der Waals surface area contributed by atoms with Gasteiger partial charge < -0.3 is 10.2 Å². The normalized spacial score (nSPS) is 11.1. The zero-order valence-electron chi connectivity index (χ0n) is 14.3. The summed E-state index contributed by atoms with van der Waals surface area (Å²) in [5.74, 6) is 0.340. The highest BCUT2D eigenvalue weighted by atomic mass is 32.2. The van der Waals surface area contributed by atoms with Gasteiger partial charge in [0.1, 0.15) is 5.82 Å². The van der Waals surface area contributed by atoms with Crippen LogP contribution in [0.1, 0.15) is 20.8 Å². The number of anilines is 4. The highest BCUT2D eigenvalue weighted by Gasteiger charge is 2.07. The molecule has 0 bridgehead atoms. The van der Waals surface area contributed by atoms with Crippen LogP contribution in [0.4, 0.5) is 22.9 Å². The molecule has 0 aliphatic heterocycles. The van der Waals surface area contributed by atoms with Crippen LogP contribution in [0, 0.1) is 0 Å². The average Bonchev–Trinajstić information content (AvgIpc) is 2.59. The van der Waals surface area contributed by atoms with E-state index in [1.165, 1.54) is 5.69 Å². The van der Waals surface area contributed by atoms with Crippen LogP contribution in [0.25, 0.3) is 0 Å². The van der Waals surface area contributed by atoms with Crippen molar-refractivity contribution in [3.63, 3.8) is 0 Å². The molecule has 0 atom stereocenters. The Kier molecular flexibility index (Phi) is 6.03. The SMILES string of the molecule is CCN(CC)c1ccc(Nc2ccc(NS(=O)(=O)CC)nc2)cc1. The third-order valence-electron chi connectivity index (χ3n) is 3.69. The molecule has 6 nitrogen and oxygen atoms in total.